The Hall–Kier alpha value is -2.84. The number of hydrogen-bond donors (Lipinski definition) is 1. The molecule has 30 heavy (non-hydrogen) atoms. The summed E-state index contributed by atoms with van der Waals surface area (Å²) >= 11 is 5.13. The van der Waals surface area contributed by atoms with Crippen molar-refractivity contribution in [1.29, 1.82) is 0 Å². The molecule has 6 nitrogen and oxygen atoms in total. The van der Waals surface area contributed by atoms with E-state index in [2.05, 4.69) is 9.88 Å². The van der Waals surface area contributed by atoms with Gasteiger partial charge in [0.1, 0.15) is 11.4 Å². The highest BCUT2D eigenvalue weighted by molar-refractivity contribution is 7.80. The number of anilines is 1. The number of carbonyl (C=O) groups is 2. The quantitative estimate of drug-likeness (QED) is 0.462. The highest BCUT2D eigenvalue weighted by Crippen LogP contribution is 2.26. The van der Waals surface area contributed by atoms with Crippen LogP contribution in [0.15, 0.2) is 35.9 Å². The third kappa shape index (κ3) is 3.68. The predicted octanol–water partition coefficient (Wildman–Crippen LogP) is 3.25. The molecule has 0 aliphatic carbocycles. The Morgan fingerprint density at radius 3 is 2.77 bits per heavy atom. The summed E-state index contributed by atoms with van der Waals surface area (Å²) in [6.07, 6.45) is 3.79. The molecule has 2 fully saturated rings. The first-order chi connectivity index (χ1) is 14.4. The van der Waals surface area contributed by atoms with Crippen LogP contribution in [0.1, 0.15) is 29.8 Å². The molecule has 3 heterocycles. The van der Waals surface area contributed by atoms with E-state index in [9.17, 15) is 14.0 Å². The molecular weight excluding hydrogens is 405 g/mol. The van der Waals surface area contributed by atoms with E-state index < -0.39 is 17.6 Å². The molecule has 4 rings (SSSR count). The molecule has 0 unspecified atom stereocenters. The molecule has 0 radical (unpaired) electrons. The Kier molecular flexibility index (Phi) is 5.53. The van der Waals surface area contributed by atoms with Crippen LogP contribution >= 0.6 is 12.2 Å². The third-order valence-corrected chi connectivity index (χ3v) is 5.80. The first-order valence-corrected chi connectivity index (χ1v) is 10.2. The van der Waals surface area contributed by atoms with Gasteiger partial charge in [-0.2, -0.15) is 0 Å². The summed E-state index contributed by atoms with van der Waals surface area (Å²) in [6.45, 7) is 5.43. The van der Waals surface area contributed by atoms with Gasteiger partial charge in [0.25, 0.3) is 11.8 Å². The van der Waals surface area contributed by atoms with E-state index in [4.69, 9.17) is 17.0 Å². The fraction of sp³-hybridized carbons (Fsp3) is 0.318. The molecular formula is C22H22FN3O3S. The van der Waals surface area contributed by atoms with E-state index in [1.165, 1.54) is 18.2 Å². The number of thiocarbonyl (C=S) groups is 1. The topological polar surface area (TPSA) is 63.6 Å². The smallest absolute Gasteiger partial charge is 0.270 e. The largest absolute Gasteiger partial charge is 0.376 e. The van der Waals surface area contributed by atoms with Crippen molar-refractivity contribution in [2.24, 2.45) is 0 Å². The highest BCUT2D eigenvalue weighted by Gasteiger charge is 2.36. The van der Waals surface area contributed by atoms with Crippen LogP contribution in [0.2, 0.25) is 0 Å². The lowest BCUT2D eigenvalue weighted by molar-refractivity contribution is -0.122. The van der Waals surface area contributed by atoms with Crippen molar-refractivity contribution < 1.29 is 18.7 Å². The summed E-state index contributed by atoms with van der Waals surface area (Å²) in [4.78, 5) is 26.6. The van der Waals surface area contributed by atoms with Crippen LogP contribution < -0.4 is 10.2 Å². The maximum absolute atomic E-state index is 14.3. The van der Waals surface area contributed by atoms with Crippen molar-refractivity contribution >= 4 is 40.9 Å². The molecule has 2 saturated heterocycles. The van der Waals surface area contributed by atoms with E-state index in [1.807, 2.05) is 19.9 Å². The Morgan fingerprint density at radius 2 is 2.07 bits per heavy atom. The molecule has 2 aliphatic heterocycles. The molecule has 1 atom stereocenters. The summed E-state index contributed by atoms with van der Waals surface area (Å²) < 4.78 is 22.2. The van der Waals surface area contributed by atoms with Gasteiger partial charge in [-0.15, -0.1) is 0 Å². The molecule has 2 aromatic rings. The van der Waals surface area contributed by atoms with Crippen LogP contribution in [0.3, 0.4) is 0 Å². The predicted molar refractivity (Wildman–Crippen MR) is 115 cm³/mol. The number of benzene rings is 1. The summed E-state index contributed by atoms with van der Waals surface area (Å²) in [6, 6.07) is 7.74. The van der Waals surface area contributed by atoms with Gasteiger partial charge in [-0.25, -0.2) is 9.29 Å². The second-order valence-corrected chi connectivity index (χ2v) is 7.87. The number of carbonyl (C=O) groups excluding carboxylic acids is 2. The number of nitrogens with one attached hydrogen (secondary N) is 1. The second-order valence-electron chi connectivity index (χ2n) is 7.48. The van der Waals surface area contributed by atoms with E-state index in [0.717, 1.165) is 47.8 Å². The fourth-order valence-corrected chi connectivity index (χ4v) is 4.19. The highest BCUT2D eigenvalue weighted by atomic mass is 32.1. The van der Waals surface area contributed by atoms with Crippen LogP contribution in [-0.2, 0) is 20.9 Å². The molecule has 2 aliphatic rings. The minimum Gasteiger partial charge on any atom is -0.376 e. The van der Waals surface area contributed by atoms with Gasteiger partial charge in [0.05, 0.1) is 11.8 Å². The summed E-state index contributed by atoms with van der Waals surface area (Å²) in [5.74, 6) is -1.85. The Morgan fingerprint density at radius 1 is 1.30 bits per heavy atom. The van der Waals surface area contributed by atoms with Gasteiger partial charge in [-0.3, -0.25) is 14.9 Å². The van der Waals surface area contributed by atoms with Crippen molar-refractivity contribution in [2.45, 2.75) is 39.3 Å². The lowest BCUT2D eigenvalue weighted by Gasteiger charge is -2.29. The minimum atomic E-state index is -0.655. The SMILES string of the molecule is Cc1cc(/C=C2\C(=O)NC(=S)N(c3ccccc3F)C2=O)c(C)n1C[C@@H]1CCCO1. The van der Waals surface area contributed by atoms with Crippen molar-refractivity contribution in [3.05, 3.63) is 58.7 Å². The number of hydrogen-bond acceptors (Lipinski definition) is 4. The van der Waals surface area contributed by atoms with E-state index >= 15 is 0 Å². The number of ether oxygens (including phenoxy) is 1. The minimum absolute atomic E-state index is 0.00209. The van der Waals surface area contributed by atoms with Crippen LogP contribution in [0.5, 0.6) is 0 Å². The zero-order valence-corrected chi connectivity index (χ0v) is 17.6. The molecule has 2 amide bonds. The molecule has 1 aromatic heterocycles. The van der Waals surface area contributed by atoms with Crippen LogP contribution in [0.4, 0.5) is 10.1 Å². The second kappa shape index (κ2) is 8.12. The molecule has 0 spiro atoms. The zero-order chi connectivity index (χ0) is 21.4. The Bertz CT molecular complexity index is 1070. The van der Waals surface area contributed by atoms with Crippen molar-refractivity contribution in [3.63, 3.8) is 0 Å². The maximum Gasteiger partial charge on any atom is 0.270 e. The lowest BCUT2D eigenvalue weighted by Crippen LogP contribution is -2.54. The fourth-order valence-electron chi connectivity index (χ4n) is 3.91. The van der Waals surface area contributed by atoms with Gasteiger partial charge in [0, 0.05) is 24.5 Å². The van der Waals surface area contributed by atoms with Crippen LogP contribution in [-0.4, -0.2) is 34.2 Å². The first kappa shape index (κ1) is 20.4. The summed E-state index contributed by atoms with van der Waals surface area (Å²) in [7, 11) is 0. The van der Waals surface area contributed by atoms with Gasteiger partial charge in [0.15, 0.2) is 5.11 Å². The van der Waals surface area contributed by atoms with Gasteiger partial charge in [0.2, 0.25) is 0 Å². The van der Waals surface area contributed by atoms with Crippen molar-refractivity contribution in [2.75, 3.05) is 11.5 Å². The molecule has 0 saturated carbocycles. The normalized spacial score (nSPS) is 20.9. The monoisotopic (exact) mass is 427 g/mol. The molecule has 1 aromatic carbocycles. The van der Waals surface area contributed by atoms with E-state index in [1.54, 1.807) is 12.1 Å². The average Bonchev–Trinajstić information content (AvgIpc) is 3.30. The van der Waals surface area contributed by atoms with Gasteiger partial charge in [-0.1, -0.05) is 12.1 Å². The summed E-state index contributed by atoms with van der Waals surface area (Å²) in [5.41, 5.74) is 2.61. The van der Waals surface area contributed by atoms with Gasteiger partial charge < -0.3 is 9.30 Å². The zero-order valence-electron chi connectivity index (χ0n) is 16.8. The van der Waals surface area contributed by atoms with E-state index in [-0.39, 0.29) is 22.5 Å². The number of aromatic nitrogens is 1. The summed E-state index contributed by atoms with van der Waals surface area (Å²) in [5, 5.41) is 2.35. The third-order valence-electron chi connectivity index (χ3n) is 5.52. The number of amides is 2. The van der Waals surface area contributed by atoms with Crippen LogP contribution in [0.25, 0.3) is 6.08 Å². The lowest BCUT2D eigenvalue weighted by atomic mass is 10.1. The first-order valence-electron chi connectivity index (χ1n) is 9.81. The molecule has 0 bridgehead atoms. The van der Waals surface area contributed by atoms with Gasteiger partial charge in [-0.05, 0) is 68.7 Å². The Balaban J connectivity index is 1.69. The standard InChI is InChI=1S/C22H22FN3O3S/c1-13-10-15(14(2)25(13)12-16-6-5-9-29-16)11-17-20(27)24-22(30)26(21(17)28)19-8-4-3-7-18(19)23/h3-4,7-8,10-11,16H,5-6,9,12H2,1-2H3,(H,24,27,30)/b17-11+/t16-/m0/s1. The number of para-hydroxylation sites is 1. The van der Waals surface area contributed by atoms with Crippen LogP contribution in [0, 0.1) is 19.7 Å². The number of halogens is 1. The maximum atomic E-state index is 14.3. The molecule has 156 valence electrons. The number of nitrogens with zero attached hydrogens (tertiary/aromatic N) is 2. The van der Waals surface area contributed by atoms with Crippen molar-refractivity contribution in [1.82, 2.24) is 9.88 Å². The molecule has 8 heteroatoms. The molecule has 1 N–H and O–H groups in total. The number of aryl methyl sites for hydroxylation is 1. The average molecular weight is 428 g/mol. The Labute approximate surface area is 179 Å². The van der Waals surface area contributed by atoms with Gasteiger partial charge >= 0.3 is 0 Å². The van der Waals surface area contributed by atoms with E-state index in [0.29, 0.717) is 0 Å². The number of rotatable bonds is 4. The van der Waals surface area contributed by atoms with Crippen molar-refractivity contribution in [3.8, 4) is 0 Å².